The predicted molar refractivity (Wildman–Crippen MR) is 81.2 cm³/mol. The number of rotatable bonds is 1. The second-order valence-electron chi connectivity index (χ2n) is 5.58. The molecule has 1 aromatic carbocycles. The molecule has 1 aromatic rings. The molecule has 1 aliphatic heterocycles. The summed E-state index contributed by atoms with van der Waals surface area (Å²) in [6, 6.07) is 6.67. The molecule has 0 saturated carbocycles. The van der Waals surface area contributed by atoms with Gasteiger partial charge in [0.25, 0.3) is 0 Å². The average Bonchev–Trinajstić information content (AvgIpc) is 2.42. The van der Waals surface area contributed by atoms with E-state index in [1.807, 2.05) is 20.8 Å². The Morgan fingerprint density at radius 2 is 1.95 bits per heavy atom. The van der Waals surface area contributed by atoms with Gasteiger partial charge < -0.3 is 5.32 Å². The first-order valence-corrected chi connectivity index (χ1v) is 7.96. The van der Waals surface area contributed by atoms with Crippen molar-refractivity contribution in [2.75, 3.05) is 5.75 Å². The summed E-state index contributed by atoms with van der Waals surface area (Å²) in [7, 11) is -1.05. The second-order valence-corrected chi connectivity index (χ2v) is 8.10. The van der Waals surface area contributed by atoms with Gasteiger partial charge in [0.05, 0.1) is 15.3 Å². The molecular weight excluding hydrogens is 281 g/mol. The van der Waals surface area contributed by atoms with E-state index in [2.05, 4.69) is 5.32 Å². The quantitative estimate of drug-likeness (QED) is 0.809. The van der Waals surface area contributed by atoms with Gasteiger partial charge in [0, 0.05) is 22.1 Å². The van der Waals surface area contributed by atoms with Crippen molar-refractivity contribution < 1.29 is 8.60 Å². The summed E-state index contributed by atoms with van der Waals surface area (Å²) < 4.78 is 25.7. The number of benzene rings is 1. The zero-order valence-electron chi connectivity index (χ0n) is 11.3. The Kier molecular flexibility index (Phi) is 3.80. The topological polar surface area (TPSA) is 29.1 Å². The normalized spacial score (nSPS) is 30.5. The number of hydrogen-bond acceptors (Lipinski definition) is 2. The average molecular weight is 299 g/mol. The highest BCUT2D eigenvalue weighted by Gasteiger charge is 2.41. The van der Waals surface area contributed by atoms with Gasteiger partial charge in [0.15, 0.2) is 0 Å². The van der Waals surface area contributed by atoms with Gasteiger partial charge >= 0.3 is 0 Å². The molecule has 104 valence electrons. The third kappa shape index (κ3) is 2.58. The summed E-state index contributed by atoms with van der Waals surface area (Å²) in [5, 5.41) is 3.23. The molecule has 0 amide bonds. The lowest BCUT2D eigenvalue weighted by Crippen LogP contribution is -2.49. The van der Waals surface area contributed by atoms with Crippen molar-refractivity contribution in [3.8, 4) is 0 Å². The van der Waals surface area contributed by atoms with Crippen molar-refractivity contribution in [2.24, 2.45) is 0 Å². The first-order valence-electron chi connectivity index (χ1n) is 6.23. The van der Waals surface area contributed by atoms with Crippen LogP contribution in [-0.2, 0) is 16.3 Å². The summed E-state index contributed by atoms with van der Waals surface area (Å²) >= 11 is 5.37. The van der Waals surface area contributed by atoms with Gasteiger partial charge in [-0.3, -0.25) is 4.21 Å². The molecule has 2 rings (SSSR count). The lowest BCUT2D eigenvalue weighted by Gasteiger charge is -2.32. The van der Waals surface area contributed by atoms with Crippen molar-refractivity contribution in [3.05, 3.63) is 35.6 Å². The summed E-state index contributed by atoms with van der Waals surface area (Å²) in [4.78, 5) is 0.536. The molecule has 0 bridgehead atoms. The van der Waals surface area contributed by atoms with Crippen molar-refractivity contribution in [1.82, 2.24) is 5.32 Å². The lowest BCUT2D eigenvalue weighted by molar-refractivity contribution is 0.403. The van der Waals surface area contributed by atoms with Gasteiger partial charge in [-0.05, 0) is 33.3 Å². The van der Waals surface area contributed by atoms with Crippen molar-refractivity contribution >= 4 is 28.0 Å². The fraction of sp³-hybridized carbons (Fsp3) is 0.500. The maximum absolute atomic E-state index is 14.0. The van der Waals surface area contributed by atoms with E-state index in [-0.39, 0.29) is 5.82 Å². The van der Waals surface area contributed by atoms with Crippen LogP contribution in [0.15, 0.2) is 24.3 Å². The van der Waals surface area contributed by atoms with E-state index in [0.29, 0.717) is 22.7 Å². The highest BCUT2D eigenvalue weighted by molar-refractivity contribution is 7.90. The molecule has 1 fully saturated rings. The number of hydrogen-bond donors (Lipinski definition) is 1. The van der Waals surface area contributed by atoms with Gasteiger partial charge in [0.1, 0.15) is 5.82 Å². The monoisotopic (exact) mass is 299 g/mol. The molecule has 1 heterocycles. The Balaban J connectivity index is 2.44. The van der Waals surface area contributed by atoms with Crippen LogP contribution >= 0.6 is 12.2 Å². The van der Waals surface area contributed by atoms with Crippen molar-refractivity contribution in [3.63, 3.8) is 0 Å². The SMILES string of the molecule is CC1(C)C(=S)N[C@](C)(c2ccccc2F)CCS1=O. The predicted octanol–water partition coefficient (Wildman–Crippen LogP) is 2.89. The van der Waals surface area contributed by atoms with E-state index < -0.39 is 21.1 Å². The van der Waals surface area contributed by atoms with Crippen LogP contribution in [-0.4, -0.2) is 19.7 Å². The fourth-order valence-corrected chi connectivity index (χ4v) is 4.10. The van der Waals surface area contributed by atoms with E-state index in [9.17, 15) is 8.60 Å². The number of thiocarbonyl (C=S) groups is 1. The standard InChI is InChI=1S/C14H18FNOS2/c1-13(2)12(18)16-14(3,8-9-19(13)17)10-6-4-5-7-11(10)15/h4-7H,8-9H2,1-3H3,(H,16,18)/t14-,19?/m0/s1. The molecule has 2 nitrogen and oxygen atoms in total. The summed E-state index contributed by atoms with van der Waals surface area (Å²) in [5.74, 6) is 0.246. The van der Waals surface area contributed by atoms with Crippen LogP contribution < -0.4 is 5.32 Å². The minimum atomic E-state index is -1.05. The van der Waals surface area contributed by atoms with Crippen LogP contribution in [0.25, 0.3) is 0 Å². The smallest absolute Gasteiger partial charge is 0.128 e. The molecule has 5 heteroatoms. The minimum absolute atomic E-state index is 0.259. The molecular formula is C14H18FNOS2. The van der Waals surface area contributed by atoms with E-state index in [1.54, 1.807) is 18.2 Å². The molecule has 1 N–H and O–H groups in total. The fourth-order valence-electron chi connectivity index (χ4n) is 2.23. The molecule has 1 unspecified atom stereocenters. The summed E-state index contributed by atoms with van der Waals surface area (Å²) in [5.41, 5.74) is -0.0293. The minimum Gasteiger partial charge on any atom is -0.369 e. The molecule has 1 saturated heterocycles. The van der Waals surface area contributed by atoms with E-state index in [1.165, 1.54) is 6.07 Å². The highest BCUT2D eigenvalue weighted by Crippen LogP contribution is 2.32. The molecule has 1 aliphatic rings. The second kappa shape index (κ2) is 4.94. The Bertz CT molecular complexity index is 544. The zero-order valence-corrected chi connectivity index (χ0v) is 13.0. The molecule has 0 radical (unpaired) electrons. The third-order valence-corrected chi connectivity index (χ3v) is 6.42. The van der Waals surface area contributed by atoms with Crippen molar-refractivity contribution in [2.45, 2.75) is 37.5 Å². The first kappa shape index (κ1) is 14.6. The van der Waals surface area contributed by atoms with Crippen LogP contribution in [0.1, 0.15) is 32.8 Å². The first-order chi connectivity index (χ1) is 8.77. The van der Waals surface area contributed by atoms with Crippen LogP contribution in [0.3, 0.4) is 0 Å². The Morgan fingerprint density at radius 3 is 2.58 bits per heavy atom. The van der Waals surface area contributed by atoms with Gasteiger partial charge in [-0.15, -0.1) is 0 Å². The van der Waals surface area contributed by atoms with Gasteiger partial charge in [0.2, 0.25) is 0 Å². The zero-order chi connectivity index (χ0) is 14.3. The van der Waals surface area contributed by atoms with Gasteiger partial charge in [-0.2, -0.15) is 0 Å². The van der Waals surface area contributed by atoms with E-state index in [0.717, 1.165) is 0 Å². The highest BCUT2D eigenvalue weighted by atomic mass is 32.2. The van der Waals surface area contributed by atoms with E-state index >= 15 is 0 Å². The maximum atomic E-state index is 14.0. The Morgan fingerprint density at radius 1 is 1.32 bits per heavy atom. The van der Waals surface area contributed by atoms with Gasteiger partial charge in [-0.1, -0.05) is 30.4 Å². The molecule has 0 aromatic heterocycles. The molecule has 0 spiro atoms. The molecule has 0 aliphatic carbocycles. The third-order valence-electron chi connectivity index (χ3n) is 3.76. The number of halogens is 1. The van der Waals surface area contributed by atoms with Gasteiger partial charge in [-0.25, -0.2) is 4.39 Å². The maximum Gasteiger partial charge on any atom is 0.128 e. The van der Waals surface area contributed by atoms with Crippen molar-refractivity contribution in [1.29, 1.82) is 0 Å². The van der Waals surface area contributed by atoms with Crippen LogP contribution in [0.2, 0.25) is 0 Å². The van der Waals surface area contributed by atoms with Crippen LogP contribution in [0, 0.1) is 5.82 Å². The summed E-state index contributed by atoms with van der Waals surface area (Å²) in [6.45, 7) is 5.65. The van der Waals surface area contributed by atoms with E-state index in [4.69, 9.17) is 12.2 Å². The Hall–Kier alpha value is -0.810. The Labute approximate surface area is 121 Å². The van der Waals surface area contributed by atoms with Crippen LogP contribution in [0.5, 0.6) is 0 Å². The number of nitrogens with one attached hydrogen (secondary N) is 1. The lowest BCUT2D eigenvalue weighted by atomic mass is 9.88. The molecule has 2 atom stereocenters. The van der Waals surface area contributed by atoms with Crippen LogP contribution in [0.4, 0.5) is 4.39 Å². The summed E-state index contributed by atoms with van der Waals surface area (Å²) in [6.07, 6.45) is 0.587. The molecule has 19 heavy (non-hydrogen) atoms. The largest absolute Gasteiger partial charge is 0.369 e.